The SMILES string of the molecule is CCCCCC1CCC(CCc2ccc(-c3ccc(Cl)cc3F)nc2)CC1. The van der Waals surface area contributed by atoms with Gasteiger partial charge in [-0.1, -0.05) is 76.0 Å². The van der Waals surface area contributed by atoms with Gasteiger partial charge in [0, 0.05) is 16.8 Å². The number of unbranched alkanes of at least 4 members (excludes halogenated alkanes) is 2. The summed E-state index contributed by atoms with van der Waals surface area (Å²) in [5, 5.41) is 0.410. The van der Waals surface area contributed by atoms with Gasteiger partial charge in [0.25, 0.3) is 0 Å². The third kappa shape index (κ3) is 6.04. The Labute approximate surface area is 168 Å². The highest BCUT2D eigenvalue weighted by molar-refractivity contribution is 6.30. The molecular weight excluding hydrogens is 357 g/mol. The lowest BCUT2D eigenvalue weighted by Gasteiger charge is -2.28. The number of aryl methyl sites for hydroxylation is 1. The second-order valence-electron chi connectivity index (χ2n) is 8.10. The molecule has 0 spiro atoms. The second-order valence-corrected chi connectivity index (χ2v) is 8.53. The van der Waals surface area contributed by atoms with Gasteiger partial charge in [-0.05, 0) is 54.5 Å². The first-order chi connectivity index (χ1) is 13.2. The fourth-order valence-corrected chi connectivity index (χ4v) is 4.45. The van der Waals surface area contributed by atoms with Gasteiger partial charge in [-0.2, -0.15) is 0 Å². The quantitative estimate of drug-likeness (QED) is 0.420. The Morgan fingerprint density at radius 1 is 1.00 bits per heavy atom. The summed E-state index contributed by atoms with van der Waals surface area (Å²) in [5.74, 6) is 1.52. The number of pyridine rings is 1. The molecule has 0 atom stereocenters. The molecule has 1 aromatic heterocycles. The van der Waals surface area contributed by atoms with Crippen molar-refractivity contribution in [3.05, 3.63) is 52.9 Å². The van der Waals surface area contributed by atoms with Crippen LogP contribution in [0.2, 0.25) is 5.02 Å². The van der Waals surface area contributed by atoms with Crippen molar-refractivity contribution in [1.82, 2.24) is 4.98 Å². The lowest BCUT2D eigenvalue weighted by atomic mass is 9.78. The Balaban J connectivity index is 1.46. The van der Waals surface area contributed by atoms with E-state index in [0.29, 0.717) is 16.3 Å². The van der Waals surface area contributed by atoms with Crippen LogP contribution in [0.5, 0.6) is 0 Å². The Morgan fingerprint density at radius 3 is 2.37 bits per heavy atom. The first-order valence-corrected chi connectivity index (χ1v) is 10.9. The van der Waals surface area contributed by atoms with E-state index in [-0.39, 0.29) is 5.82 Å². The molecule has 0 saturated heterocycles. The predicted octanol–water partition coefficient (Wildman–Crippen LogP) is 7.86. The zero-order chi connectivity index (χ0) is 19.1. The molecule has 1 nitrogen and oxygen atoms in total. The van der Waals surface area contributed by atoms with Crippen LogP contribution in [0.4, 0.5) is 4.39 Å². The van der Waals surface area contributed by atoms with Crippen molar-refractivity contribution in [2.24, 2.45) is 11.8 Å². The summed E-state index contributed by atoms with van der Waals surface area (Å²) in [6.07, 6.45) is 15.4. The van der Waals surface area contributed by atoms with Gasteiger partial charge in [-0.3, -0.25) is 4.98 Å². The molecule has 1 aliphatic rings. The standard InChI is InChI=1S/C24H31ClFN/c1-2-3-4-5-18-6-8-19(9-7-18)10-11-20-12-15-24(27-17-20)22-14-13-21(25)16-23(22)26/h12-19H,2-11H2,1H3. The van der Waals surface area contributed by atoms with Crippen LogP contribution in [0.3, 0.4) is 0 Å². The van der Waals surface area contributed by atoms with E-state index in [0.717, 1.165) is 18.3 Å². The lowest BCUT2D eigenvalue weighted by molar-refractivity contribution is 0.249. The van der Waals surface area contributed by atoms with Gasteiger partial charge in [0.15, 0.2) is 0 Å². The molecule has 0 bridgehead atoms. The summed E-state index contributed by atoms with van der Waals surface area (Å²) in [7, 11) is 0. The van der Waals surface area contributed by atoms with Crippen LogP contribution in [0.1, 0.15) is 70.3 Å². The van der Waals surface area contributed by atoms with E-state index >= 15 is 0 Å². The van der Waals surface area contributed by atoms with E-state index in [2.05, 4.69) is 18.0 Å². The second kappa shape index (κ2) is 10.2. The minimum Gasteiger partial charge on any atom is -0.256 e. The molecule has 27 heavy (non-hydrogen) atoms. The van der Waals surface area contributed by atoms with Crippen LogP contribution in [-0.4, -0.2) is 4.98 Å². The molecule has 3 rings (SSSR count). The maximum Gasteiger partial charge on any atom is 0.134 e. The van der Waals surface area contributed by atoms with Crippen LogP contribution >= 0.6 is 11.6 Å². The molecule has 2 aromatic rings. The summed E-state index contributed by atoms with van der Waals surface area (Å²) in [5.41, 5.74) is 2.42. The number of halogens is 2. The van der Waals surface area contributed by atoms with Gasteiger partial charge >= 0.3 is 0 Å². The van der Waals surface area contributed by atoms with Crippen molar-refractivity contribution in [1.29, 1.82) is 0 Å². The molecule has 1 saturated carbocycles. The van der Waals surface area contributed by atoms with Gasteiger partial charge < -0.3 is 0 Å². The van der Waals surface area contributed by atoms with Crippen molar-refractivity contribution < 1.29 is 4.39 Å². The smallest absolute Gasteiger partial charge is 0.134 e. The molecular formula is C24H31ClFN. The summed E-state index contributed by atoms with van der Waals surface area (Å²) < 4.78 is 14.0. The highest BCUT2D eigenvalue weighted by atomic mass is 35.5. The molecule has 1 aromatic carbocycles. The normalized spacial score (nSPS) is 20.0. The molecule has 1 heterocycles. The summed E-state index contributed by atoms with van der Waals surface area (Å²) in [6.45, 7) is 2.28. The Kier molecular flexibility index (Phi) is 7.70. The molecule has 0 amide bonds. The van der Waals surface area contributed by atoms with Gasteiger partial charge in [0.1, 0.15) is 5.82 Å². The molecule has 0 radical (unpaired) electrons. The topological polar surface area (TPSA) is 12.9 Å². The van der Waals surface area contributed by atoms with Crippen LogP contribution in [-0.2, 0) is 6.42 Å². The third-order valence-corrected chi connectivity index (χ3v) is 6.29. The molecule has 0 unspecified atom stereocenters. The highest BCUT2D eigenvalue weighted by Crippen LogP contribution is 2.34. The van der Waals surface area contributed by atoms with Gasteiger partial charge in [0.05, 0.1) is 5.69 Å². The maximum absolute atomic E-state index is 14.0. The van der Waals surface area contributed by atoms with Crippen molar-refractivity contribution in [2.45, 2.75) is 71.1 Å². The van der Waals surface area contributed by atoms with E-state index in [9.17, 15) is 4.39 Å². The number of hydrogen-bond acceptors (Lipinski definition) is 1. The number of aromatic nitrogens is 1. The van der Waals surface area contributed by atoms with Gasteiger partial charge in [0.2, 0.25) is 0 Å². The Morgan fingerprint density at radius 2 is 1.74 bits per heavy atom. The third-order valence-electron chi connectivity index (χ3n) is 6.06. The number of rotatable bonds is 8. The monoisotopic (exact) mass is 387 g/mol. The van der Waals surface area contributed by atoms with E-state index in [4.69, 9.17) is 11.6 Å². The van der Waals surface area contributed by atoms with Crippen LogP contribution in [0.25, 0.3) is 11.3 Å². The predicted molar refractivity (Wildman–Crippen MR) is 113 cm³/mol. The number of nitrogens with zero attached hydrogens (tertiary/aromatic N) is 1. The van der Waals surface area contributed by atoms with Crippen molar-refractivity contribution in [3.63, 3.8) is 0 Å². The maximum atomic E-state index is 14.0. The molecule has 3 heteroatoms. The van der Waals surface area contributed by atoms with Crippen LogP contribution in [0.15, 0.2) is 36.5 Å². The van der Waals surface area contributed by atoms with Crippen molar-refractivity contribution >= 4 is 11.6 Å². The lowest BCUT2D eigenvalue weighted by Crippen LogP contribution is -2.15. The molecule has 1 fully saturated rings. The minimum absolute atomic E-state index is 0.321. The summed E-state index contributed by atoms with van der Waals surface area (Å²) >= 11 is 5.82. The van der Waals surface area contributed by atoms with E-state index in [1.807, 2.05) is 12.3 Å². The Hall–Kier alpha value is -1.41. The molecule has 146 valence electrons. The van der Waals surface area contributed by atoms with E-state index < -0.39 is 0 Å². The molecule has 0 N–H and O–H groups in total. The fourth-order valence-electron chi connectivity index (χ4n) is 4.29. The average Bonchev–Trinajstić information content (AvgIpc) is 2.68. The highest BCUT2D eigenvalue weighted by Gasteiger charge is 2.20. The Bertz CT molecular complexity index is 705. The van der Waals surface area contributed by atoms with Gasteiger partial charge in [-0.25, -0.2) is 4.39 Å². The fraction of sp³-hybridized carbons (Fsp3) is 0.542. The minimum atomic E-state index is -0.321. The van der Waals surface area contributed by atoms with E-state index in [1.165, 1.54) is 69.4 Å². The average molecular weight is 388 g/mol. The number of benzene rings is 1. The first-order valence-electron chi connectivity index (χ1n) is 10.6. The first kappa shape index (κ1) is 20.3. The summed E-state index contributed by atoms with van der Waals surface area (Å²) in [6, 6.07) is 8.75. The van der Waals surface area contributed by atoms with Crippen molar-refractivity contribution in [2.75, 3.05) is 0 Å². The molecule has 1 aliphatic carbocycles. The van der Waals surface area contributed by atoms with Crippen LogP contribution < -0.4 is 0 Å². The zero-order valence-electron chi connectivity index (χ0n) is 16.4. The molecule has 0 aliphatic heterocycles. The number of hydrogen-bond donors (Lipinski definition) is 0. The summed E-state index contributed by atoms with van der Waals surface area (Å²) in [4.78, 5) is 4.47. The van der Waals surface area contributed by atoms with Gasteiger partial charge in [-0.15, -0.1) is 0 Å². The largest absolute Gasteiger partial charge is 0.256 e. The van der Waals surface area contributed by atoms with Crippen molar-refractivity contribution in [3.8, 4) is 11.3 Å². The van der Waals surface area contributed by atoms with Crippen LogP contribution in [0, 0.1) is 17.7 Å². The van der Waals surface area contributed by atoms with E-state index in [1.54, 1.807) is 12.1 Å². The zero-order valence-corrected chi connectivity index (χ0v) is 17.1.